The van der Waals surface area contributed by atoms with E-state index in [0.717, 1.165) is 28.9 Å². The lowest BCUT2D eigenvalue weighted by Gasteiger charge is -2.33. The van der Waals surface area contributed by atoms with Gasteiger partial charge in [0.2, 0.25) is 11.0 Å². The van der Waals surface area contributed by atoms with Crippen LogP contribution in [0, 0.1) is 0 Å². The first-order chi connectivity index (χ1) is 9.74. The molecule has 0 radical (unpaired) electrons. The zero-order valence-corrected chi connectivity index (χ0v) is 13.7. The molecule has 1 N–H and O–H groups in total. The van der Waals surface area contributed by atoms with Crippen molar-refractivity contribution in [3.05, 3.63) is 0 Å². The van der Waals surface area contributed by atoms with Crippen LogP contribution in [-0.4, -0.2) is 46.4 Å². The highest BCUT2D eigenvalue weighted by Crippen LogP contribution is 2.27. The number of hydrogen-bond donors (Lipinski definition) is 1. The number of amides is 1. The van der Waals surface area contributed by atoms with Crippen LogP contribution >= 0.6 is 23.1 Å². The normalized spacial score (nSPS) is 16.1. The van der Waals surface area contributed by atoms with Gasteiger partial charge in [0.05, 0.1) is 5.75 Å². The Balaban J connectivity index is 1.85. The largest absolute Gasteiger partial charge is 0.363 e. The molecule has 1 aliphatic carbocycles. The number of rotatable bonds is 6. The topological polar surface area (TPSA) is 58.1 Å². The molecule has 0 bridgehead atoms. The van der Waals surface area contributed by atoms with Gasteiger partial charge in [0.25, 0.3) is 0 Å². The van der Waals surface area contributed by atoms with Crippen LogP contribution < -0.4 is 5.32 Å². The summed E-state index contributed by atoms with van der Waals surface area (Å²) in [6.45, 7) is 2.88. The summed E-state index contributed by atoms with van der Waals surface area (Å²) >= 11 is 2.97. The first-order valence-electron chi connectivity index (χ1n) is 7.18. The highest BCUT2D eigenvalue weighted by atomic mass is 32.2. The summed E-state index contributed by atoms with van der Waals surface area (Å²) in [5.74, 6) is 0.688. The number of aromatic nitrogens is 2. The molecule has 1 aromatic heterocycles. The van der Waals surface area contributed by atoms with E-state index in [2.05, 4.69) is 22.4 Å². The number of hydrogen-bond acceptors (Lipinski definition) is 6. The predicted molar refractivity (Wildman–Crippen MR) is 84.4 cm³/mol. The summed E-state index contributed by atoms with van der Waals surface area (Å²) in [5, 5.41) is 11.8. The minimum Gasteiger partial charge on any atom is -0.363 e. The van der Waals surface area contributed by atoms with Gasteiger partial charge < -0.3 is 10.2 Å². The van der Waals surface area contributed by atoms with Crippen LogP contribution in [0.15, 0.2) is 4.34 Å². The van der Waals surface area contributed by atoms with E-state index in [-0.39, 0.29) is 5.91 Å². The fourth-order valence-corrected chi connectivity index (χ4v) is 4.20. The maximum Gasteiger partial charge on any atom is 0.233 e. The van der Waals surface area contributed by atoms with Gasteiger partial charge in [-0.25, -0.2) is 0 Å². The molecule has 1 amide bonds. The van der Waals surface area contributed by atoms with Crippen LogP contribution in [-0.2, 0) is 4.79 Å². The van der Waals surface area contributed by atoms with Gasteiger partial charge in [0, 0.05) is 19.6 Å². The summed E-state index contributed by atoms with van der Waals surface area (Å²) in [4.78, 5) is 14.4. The van der Waals surface area contributed by atoms with Gasteiger partial charge >= 0.3 is 0 Å². The highest BCUT2D eigenvalue weighted by molar-refractivity contribution is 8.01. The third-order valence-electron chi connectivity index (χ3n) is 3.62. The molecule has 0 saturated heterocycles. The molecule has 0 spiro atoms. The minimum atomic E-state index is 0.227. The van der Waals surface area contributed by atoms with Crippen LogP contribution in [0.4, 0.5) is 5.13 Å². The van der Waals surface area contributed by atoms with Crippen molar-refractivity contribution < 1.29 is 4.79 Å². The van der Waals surface area contributed by atoms with Crippen molar-refractivity contribution in [3.8, 4) is 0 Å². The molecule has 7 heteroatoms. The second kappa shape index (κ2) is 7.83. The van der Waals surface area contributed by atoms with E-state index in [1.807, 2.05) is 11.9 Å². The van der Waals surface area contributed by atoms with E-state index in [9.17, 15) is 4.79 Å². The standard InChI is InChI=1S/C13H22N4OS2/c1-3-17(10-7-5-4-6-8-10)11(18)9-19-13-16-15-12(14-2)20-13/h10H,3-9H2,1-2H3,(H,14,15). The average Bonchev–Trinajstić information content (AvgIpc) is 2.95. The fraction of sp³-hybridized carbons (Fsp3) is 0.769. The van der Waals surface area contributed by atoms with E-state index in [1.54, 1.807) is 0 Å². The van der Waals surface area contributed by atoms with Crippen molar-refractivity contribution in [2.75, 3.05) is 24.7 Å². The number of anilines is 1. The molecular formula is C13H22N4OS2. The predicted octanol–water partition coefficient (Wildman–Crippen LogP) is 2.85. The van der Waals surface area contributed by atoms with Gasteiger partial charge in [-0.3, -0.25) is 4.79 Å². The lowest BCUT2D eigenvalue weighted by Crippen LogP contribution is -2.42. The van der Waals surface area contributed by atoms with Crippen LogP contribution in [0.1, 0.15) is 39.0 Å². The number of thioether (sulfide) groups is 1. The quantitative estimate of drug-likeness (QED) is 0.818. The van der Waals surface area contributed by atoms with E-state index in [1.165, 1.54) is 42.4 Å². The Bertz CT molecular complexity index is 432. The van der Waals surface area contributed by atoms with E-state index >= 15 is 0 Å². The van der Waals surface area contributed by atoms with Crippen molar-refractivity contribution in [1.29, 1.82) is 0 Å². The van der Waals surface area contributed by atoms with Crippen molar-refractivity contribution in [2.24, 2.45) is 0 Å². The summed E-state index contributed by atoms with van der Waals surface area (Å²) in [5.41, 5.74) is 0. The molecular weight excluding hydrogens is 292 g/mol. The zero-order chi connectivity index (χ0) is 14.4. The molecule has 1 aromatic rings. The lowest BCUT2D eigenvalue weighted by molar-refractivity contribution is -0.131. The molecule has 1 heterocycles. The van der Waals surface area contributed by atoms with Crippen LogP contribution in [0.5, 0.6) is 0 Å². The van der Waals surface area contributed by atoms with Gasteiger partial charge in [-0.05, 0) is 19.8 Å². The number of carbonyl (C=O) groups excluding carboxylic acids is 1. The van der Waals surface area contributed by atoms with Gasteiger partial charge in [-0.1, -0.05) is 42.4 Å². The van der Waals surface area contributed by atoms with E-state index in [4.69, 9.17) is 0 Å². The first kappa shape index (κ1) is 15.6. The van der Waals surface area contributed by atoms with Crippen molar-refractivity contribution in [2.45, 2.75) is 49.4 Å². The number of carbonyl (C=O) groups is 1. The highest BCUT2D eigenvalue weighted by Gasteiger charge is 2.24. The Morgan fingerprint density at radius 2 is 2.15 bits per heavy atom. The molecule has 1 saturated carbocycles. The van der Waals surface area contributed by atoms with E-state index in [0.29, 0.717) is 11.8 Å². The van der Waals surface area contributed by atoms with Crippen LogP contribution in [0.25, 0.3) is 0 Å². The van der Waals surface area contributed by atoms with Crippen molar-refractivity contribution in [3.63, 3.8) is 0 Å². The molecule has 20 heavy (non-hydrogen) atoms. The SMILES string of the molecule is CCN(C(=O)CSc1nnc(NC)s1)C1CCCCC1. The number of nitrogens with one attached hydrogen (secondary N) is 1. The molecule has 0 aromatic carbocycles. The molecule has 0 atom stereocenters. The van der Waals surface area contributed by atoms with Gasteiger partial charge in [0.15, 0.2) is 4.34 Å². The zero-order valence-electron chi connectivity index (χ0n) is 12.1. The second-order valence-corrected chi connectivity index (χ2v) is 7.08. The maximum absolute atomic E-state index is 12.4. The third kappa shape index (κ3) is 4.09. The lowest BCUT2D eigenvalue weighted by atomic mass is 9.94. The Morgan fingerprint density at radius 1 is 1.40 bits per heavy atom. The van der Waals surface area contributed by atoms with Crippen LogP contribution in [0.2, 0.25) is 0 Å². The first-order valence-corrected chi connectivity index (χ1v) is 8.98. The summed E-state index contributed by atoms with van der Waals surface area (Å²) in [6, 6.07) is 0.448. The van der Waals surface area contributed by atoms with Crippen molar-refractivity contribution in [1.82, 2.24) is 15.1 Å². The minimum absolute atomic E-state index is 0.227. The Morgan fingerprint density at radius 3 is 2.75 bits per heavy atom. The molecule has 1 aliphatic rings. The molecule has 2 rings (SSSR count). The molecule has 1 fully saturated rings. The van der Waals surface area contributed by atoms with Crippen molar-refractivity contribution >= 4 is 34.1 Å². The van der Waals surface area contributed by atoms with Crippen LogP contribution in [0.3, 0.4) is 0 Å². The Labute approximate surface area is 128 Å². The maximum atomic E-state index is 12.4. The van der Waals surface area contributed by atoms with Gasteiger partial charge in [-0.2, -0.15) is 0 Å². The second-order valence-electron chi connectivity index (χ2n) is 4.88. The Kier molecular flexibility index (Phi) is 6.09. The molecule has 0 aliphatic heterocycles. The fourth-order valence-electron chi connectivity index (χ4n) is 2.61. The number of nitrogens with zero attached hydrogens (tertiary/aromatic N) is 3. The summed E-state index contributed by atoms with van der Waals surface area (Å²) in [6.07, 6.45) is 6.14. The molecule has 112 valence electrons. The molecule has 5 nitrogen and oxygen atoms in total. The van der Waals surface area contributed by atoms with Gasteiger partial charge in [-0.15, -0.1) is 10.2 Å². The van der Waals surface area contributed by atoms with E-state index < -0.39 is 0 Å². The third-order valence-corrected chi connectivity index (χ3v) is 5.67. The molecule has 0 unspecified atom stereocenters. The summed E-state index contributed by atoms with van der Waals surface area (Å²) < 4.78 is 0.849. The Hall–Kier alpha value is -0.820. The van der Waals surface area contributed by atoms with Gasteiger partial charge in [0.1, 0.15) is 0 Å². The smallest absolute Gasteiger partial charge is 0.233 e. The summed E-state index contributed by atoms with van der Waals surface area (Å²) in [7, 11) is 1.82. The average molecular weight is 314 g/mol. The monoisotopic (exact) mass is 314 g/mol.